The molecule has 0 bridgehead atoms. The number of hydrogen-bond donors (Lipinski definition) is 1. The predicted octanol–water partition coefficient (Wildman–Crippen LogP) is 4.75. The lowest BCUT2D eigenvalue weighted by atomic mass is 10.0. The van der Waals surface area contributed by atoms with Gasteiger partial charge in [-0.3, -0.25) is 13.9 Å². The summed E-state index contributed by atoms with van der Waals surface area (Å²) < 4.78 is 42.3. The van der Waals surface area contributed by atoms with Crippen LogP contribution in [0.25, 0.3) is 0 Å². The van der Waals surface area contributed by atoms with Gasteiger partial charge in [0.05, 0.1) is 11.9 Å². The molecule has 0 unspecified atom stereocenters. The summed E-state index contributed by atoms with van der Waals surface area (Å²) in [5.74, 6) is -1.58. The number of sulfonamides is 1. The molecule has 0 aliphatic heterocycles. The van der Waals surface area contributed by atoms with E-state index in [4.69, 9.17) is 0 Å². The Morgan fingerprint density at radius 3 is 2.10 bits per heavy atom. The van der Waals surface area contributed by atoms with Crippen LogP contribution in [0.4, 0.5) is 10.1 Å². The van der Waals surface area contributed by atoms with Crippen LogP contribution in [-0.4, -0.2) is 49.5 Å². The largest absolute Gasteiger partial charge is 0.350 e. The minimum Gasteiger partial charge on any atom is -0.350 e. The van der Waals surface area contributed by atoms with E-state index in [1.165, 1.54) is 11.0 Å². The van der Waals surface area contributed by atoms with Crippen molar-refractivity contribution in [2.75, 3.05) is 17.1 Å². The highest BCUT2D eigenvalue weighted by Crippen LogP contribution is 2.22. The lowest BCUT2D eigenvalue weighted by Gasteiger charge is -2.35. The van der Waals surface area contributed by atoms with Crippen molar-refractivity contribution in [1.29, 1.82) is 0 Å². The van der Waals surface area contributed by atoms with Crippen molar-refractivity contribution in [1.82, 2.24) is 10.2 Å². The second-order valence-corrected chi connectivity index (χ2v) is 13.5. The quantitative estimate of drug-likeness (QED) is 0.317. The number of carbonyl (C=O) groups is 2. The summed E-state index contributed by atoms with van der Waals surface area (Å²) in [5.41, 5.74) is 0.734. The summed E-state index contributed by atoms with van der Waals surface area (Å²) in [6, 6.07) is 20.9. The first-order valence-corrected chi connectivity index (χ1v) is 15.3. The van der Waals surface area contributed by atoms with Gasteiger partial charge in [-0.1, -0.05) is 48.5 Å². The highest BCUT2D eigenvalue weighted by Gasteiger charge is 2.34. The molecule has 0 aromatic heterocycles. The zero-order valence-corrected chi connectivity index (χ0v) is 25.4. The zero-order valence-electron chi connectivity index (χ0n) is 22.4. The molecule has 0 fully saturated rings. The van der Waals surface area contributed by atoms with Crippen LogP contribution < -0.4 is 9.62 Å². The van der Waals surface area contributed by atoms with Gasteiger partial charge >= 0.3 is 0 Å². The summed E-state index contributed by atoms with van der Waals surface area (Å²) in [7, 11) is -3.87. The van der Waals surface area contributed by atoms with Gasteiger partial charge in [-0.2, -0.15) is 0 Å². The summed E-state index contributed by atoms with van der Waals surface area (Å²) in [4.78, 5) is 28.9. The Labute approximate surface area is 243 Å². The lowest BCUT2D eigenvalue weighted by Crippen LogP contribution is -2.56. The molecule has 3 aromatic carbocycles. The molecule has 0 radical (unpaired) electrons. The van der Waals surface area contributed by atoms with Gasteiger partial charge in [-0.15, -0.1) is 0 Å². The highest BCUT2D eigenvalue weighted by molar-refractivity contribution is 14.1. The van der Waals surface area contributed by atoms with Crippen LogP contribution in [0.5, 0.6) is 0 Å². The SMILES string of the molecule is CC(C)(C)NC(=O)[C@@H](Cc1ccccc1)N(Cc1ccccc1F)C(=O)CN(c1ccc(I)cc1)S(C)(=O)=O. The molecule has 208 valence electrons. The Hall–Kier alpha value is -2.99. The average molecular weight is 666 g/mol. The monoisotopic (exact) mass is 665 g/mol. The van der Waals surface area contributed by atoms with Crippen molar-refractivity contribution < 1.29 is 22.4 Å². The molecule has 10 heteroatoms. The minimum absolute atomic E-state index is 0.158. The second kappa shape index (κ2) is 12.9. The van der Waals surface area contributed by atoms with Gasteiger partial charge in [-0.25, -0.2) is 12.8 Å². The molecule has 1 N–H and O–H groups in total. The van der Waals surface area contributed by atoms with E-state index >= 15 is 0 Å². The van der Waals surface area contributed by atoms with Gasteiger partial charge in [-0.05, 0) is 79.3 Å². The van der Waals surface area contributed by atoms with E-state index in [2.05, 4.69) is 27.9 Å². The van der Waals surface area contributed by atoms with Gasteiger partial charge in [0, 0.05) is 27.6 Å². The number of rotatable bonds is 10. The zero-order chi connectivity index (χ0) is 28.8. The van der Waals surface area contributed by atoms with E-state index < -0.39 is 45.8 Å². The molecule has 0 saturated heterocycles. The van der Waals surface area contributed by atoms with E-state index in [1.807, 2.05) is 51.1 Å². The molecule has 3 rings (SSSR count). The summed E-state index contributed by atoms with van der Waals surface area (Å²) in [5, 5.41) is 2.94. The van der Waals surface area contributed by atoms with Gasteiger partial charge in [0.1, 0.15) is 18.4 Å². The van der Waals surface area contributed by atoms with Crippen molar-refractivity contribution in [2.24, 2.45) is 0 Å². The van der Waals surface area contributed by atoms with Crippen LogP contribution >= 0.6 is 22.6 Å². The Bertz CT molecular complexity index is 1390. The minimum atomic E-state index is -3.87. The van der Waals surface area contributed by atoms with Crippen LogP contribution in [0.3, 0.4) is 0 Å². The number of nitrogens with zero attached hydrogens (tertiary/aromatic N) is 2. The van der Waals surface area contributed by atoms with Gasteiger partial charge in [0.15, 0.2) is 0 Å². The number of anilines is 1. The molecular weight excluding hydrogens is 632 g/mol. The number of halogens is 2. The van der Waals surface area contributed by atoms with Crippen molar-refractivity contribution in [3.8, 4) is 0 Å². The summed E-state index contributed by atoms with van der Waals surface area (Å²) in [6.45, 7) is 4.72. The molecule has 0 aliphatic carbocycles. The first kappa shape index (κ1) is 30.6. The van der Waals surface area contributed by atoms with Crippen LogP contribution in [0.2, 0.25) is 0 Å². The molecule has 0 aliphatic rings. The maximum absolute atomic E-state index is 14.8. The topological polar surface area (TPSA) is 86.8 Å². The Kier molecular flexibility index (Phi) is 10.1. The van der Waals surface area contributed by atoms with Crippen LogP contribution in [0, 0.1) is 9.39 Å². The van der Waals surface area contributed by atoms with E-state index in [-0.39, 0.29) is 18.5 Å². The third-order valence-corrected chi connectivity index (χ3v) is 7.72. The van der Waals surface area contributed by atoms with E-state index in [9.17, 15) is 22.4 Å². The van der Waals surface area contributed by atoms with Crippen LogP contribution in [0.1, 0.15) is 31.9 Å². The highest BCUT2D eigenvalue weighted by atomic mass is 127. The molecule has 7 nitrogen and oxygen atoms in total. The van der Waals surface area contributed by atoms with Crippen molar-refractivity contribution in [2.45, 2.75) is 45.3 Å². The van der Waals surface area contributed by atoms with Crippen molar-refractivity contribution in [3.05, 3.63) is 99.4 Å². The molecule has 0 spiro atoms. The fourth-order valence-electron chi connectivity index (χ4n) is 4.04. The van der Waals surface area contributed by atoms with Gasteiger partial charge < -0.3 is 10.2 Å². The molecule has 0 heterocycles. The van der Waals surface area contributed by atoms with E-state index in [0.717, 1.165) is 19.7 Å². The number of hydrogen-bond acceptors (Lipinski definition) is 4. The third-order valence-electron chi connectivity index (χ3n) is 5.86. The maximum atomic E-state index is 14.8. The number of amides is 2. The molecule has 39 heavy (non-hydrogen) atoms. The standard InChI is InChI=1S/C29H33FIN3O4S/c1-29(2,3)32-28(36)26(18-21-10-6-5-7-11-21)33(19-22-12-8-9-13-25(22)30)27(35)20-34(39(4,37)38)24-16-14-23(31)15-17-24/h5-17,26H,18-20H2,1-4H3,(H,32,36)/t26-/m1/s1. The smallest absolute Gasteiger partial charge is 0.244 e. The maximum Gasteiger partial charge on any atom is 0.244 e. The first-order chi connectivity index (χ1) is 18.2. The van der Waals surface area contributed by atoms with Gasteiger partial charge in [0.25, 0.3) is 0 Å². The van der Waals surface area contributed by atoms with E-state index in [0.29, 0.717) is 5.69 Å². The molecule has 2 amide bonds. The lowest BCUT2D eigenvalue weighted by molar-refractivity contribution is -0.140. The number of nitrogens with one attached hydrogen (secondary N) is 1. The fraction of sp³-hybridized carbons (Fsp3) is 0.310. The van der Waals surface area contributed by atoms with Crippen molar-refractivity contribution in [3.63, 3.8) is 0 Å². The second-order valence-electron chi connectivity index (χ2n) is 10.3. The summed E-state index contributed by atoms with van der Waals surface area (Å²) in [6.07, 6.45) is 1.18. The van der Waals surface area contributed by atoms with Crippen molar-refractivity contribution >= 4 is 50.1 Å². The number of benzene rings is 3. The Balaban J connectivity index is 2.08. The van der Waals surface area contributed by atoms with E-state index in [1.54, 1.807) is 42.5 Å². The first-order valence-electron chi connectivity index (χ1n) is 12.4. The molecule has 1 atom stereocenters. The number of carbonyl (C=O) groups excluding carboxylic acids is 2. The van der Waals surface area contributed by atoms with Gasteiger partial charge in [0.2, 0.25) is 21.8 Å². The predicted molar refractivity (Wildman–Crippen MR) is 160 cm³/mol. The molecule has 3 aromatic rings. The molecular formula is C29H33FIN3O4S. The molecule has 0 saturated carbocycles. The van der Waals surface area contributed by atoms with Crippen LogP contribution in [0.15, 0.2) is 78.9 Å². The Morgan fingerprint density at radius 1 is 0.949 bits per heavy atom. The summed E-state index contributed by atoms with van der Waals surface area (Å²) >= 11 is 2.11. The van der Waals surface area contributed by atoms with Crippen LogP contribution in [-0.2, 0) is 32.6 Å². The fourth-order valence-corrected chi connectivity index (χ4v) is 5.25. The third kappa shape index (κ3) is 9.03. The normalized spacial score (nSPS) is 12.5. The Morgan fingerprint density at radius 2 is 1.54 bits per heavy atom. The average Bonchev–Trinajstić information content (AvgIpc) is 2.85.